The van der Waals surface area contributed by atoms with Crippen LogP contribution in [0.5, 0.6) is 0 Å². The molecular weight excluding hydrogens is 150 g/mol. The number of hydrogen-bond acceptors (Lipinski definition) is 2. The molecule has 2 aromatic heterocycles. The molecule has 2 rings (SSSR count). The number of aryl methyl sites for hydroxylation is 2. The molecule has 0 aliphatic rings. The van der Waals surface area contributed by atoms with Crippen molar-refractivity contribution in [3.63, 3.8) is 0 Å². The van der Waals surface area contributed by atoms with Crippen LogP contribution in [0.4, 0.5) is 0 Å². The summed E-state index contributed by atoms with van der Waals surface area (Å²) in [7, 11) is 0. The van der Waals surface area contributed by atoms with E-state index in [0.29, 0.717) is 0 Å². The SMILES string of the molecule is CCc1[nH]nc2ncc(C)cc12. The van der Waals surface area contributed by atoms with E-state index in [1.807, 2.05) is 13.1 Å². The van der Waals surface area contributed by atoms with Gasteiger partial charge in [-0.3, -0.25) is 5.10 Å². The Morgan fingerprint density at radius 2 is 2.33 bits per heavy atom. The smallest absolute Gasteiger partial charge is 0.181 e. The van der Waals surface area contributed by atoms with Crippen molar-refractivity contribution >= 4 is 11.0 Å². The molecule has 0 aliphatic carbocycles. The van der Waals surface area contributed by atoms with Gasteiger partial charge in [-0.2, -0.15) is 5.10 Å². The van der Waals surface area contributed by atoms with E-state index in [2.05, 4.69) is 28.2 Å². The molecule has 0 saturated carbocycles. The van der Waals surface area contributed by atoms with Crippen LogP contribution in [-0.4, -0.2) is 15.2 Å². The largest absolute Gasteiger partial charge is 0.280 e. The zero-order chi connectivity index (χ0) is 8.55. The summed E-state index contributed by atoms with van der Waals surface area (Å²) in [6, 6.07) is 2.12. The van der Waals surface area contributed by atoms with E-state index < -0.39 is 0 Å². The highest BCUT2D eigenvalue weighted by molar-refractivity contribution is 5.78. The zero-order valence-corrected chi connectivity index (χ0v) is 7.26. The lowest BCUT2D eigenvalue weighted by Gasteiger charge is -1.92. The second kappa shape index (κ2) is 2.59. The Morgan fingerprint density at radius 1 is 1.50 bits per heavy atom. The van der Waals surface area contributed by atoms with Gasteiger partial charge in [-0.15, -0.1) is 0 Å². The number of aromatic amines is 1. The number of fused-ring (bicyclic) bond motifs is 1. The Balaban J connectivity index is 2.75. The van der Waals surface area contributed by atoms with Crippen LogP contribution in [0.3, 0.4) is 0 Å². The van der Waals surface area contributed by atoms with Crippen molar-refractivity contribution in [3.05, 3.63) is 23.5 Å². The molecule has 1 N–H and O–H groups in total. The molecule has 0 spiro atoms. The van der Waals surface area contributed by atoms with Crippen molar-refractivity contribution in [2.45, 2.75) is 20.3 Å². The lowest BCUT2D eigenvalue weighted by molar-refractivity contribution is 0.983. The van der Waals surface area contributed by atoms with Gasteiger partial charge in [0.15, 0.2) is 5.65 Å². The minimum atomic E-state index is 0.817. The van der Waals surface area contributed by atoms with Crippen molar-refractivity contribution in [3.8, 4) is 0 Å². The Labute approximate surface area is 70.8 Å². The fourth-order valence-electron chi connectivity index (χ4n) is 1.32. The van der Waals surface area contributed by atoms with Crippen LogP contribution in [0.25, 0.3) is 11.0 Å². The first-order chi connectivity index (χ1) is 5.81. The third-order valence-corrected chi connectivity index (χ3v) is 1.98. The second-order valence-corrected chi connectivity index (χ2v) is 2.94. The molecule has 0 radical (unpaired) electrons. The molecule has 0 aliphatic heterocycles. The van der Waals surface area contributed by atoms with Crippen LogP contribution in [0.15, 0.2) is 12.3 Å². The monoisotopic (exact) mass is 161 g/mol. The summed E-state index contributed by atoms with van der Waals surface area (Å²) < 4.78 is 0. The Bertz CT molecular complexity index is 403. The predicted octanol–water partition coefficient (Wildman–Crippen LogP) is 1.83. The highest BCUT2D eigenvalue weighted by Gasteiger charge is 2.03. The molecule has 0 fully saturated rings. The number of nitrogens with zero attached hydrogens (tertiary/aromatic N) is 2. The van der Waals surface area contributed by atoms with E-state index in [1.54, 1.807) is 0 Å². The quantitative estimate of drug-likeness (QED) is 0.693. The minimum Gasteiger partial charge on any atom is -0.280 e. The summed E-state index contributed by atoms with van der Waals surface area (Å²) >= 11 is 0. The van der Waals surface area contributed by atoms with Crippen molar-refractivity contribution in [1.82, 2.24) is 15.2 Å². The number of rotatable bonds is 1. The van der Waals surface area contributed by atoms with Crippen LogP contribution >= 0.6 is 0 Å². The lowest BCUT2D eigenvalue weighted by atomic mass is 10.2. The van der Waals surface area contributed by atoms with Gasteiger partial charge >= 0.3 is 0 Å². The number of pyridine rings is 1. The molecule has 0 aromatic carbocycles. The second-order valence-electron chi connectivity index (χ2n) is 2.94. The molecule has 12 heavy (non-hydrogen) atoms. The average Bonchev–Trinajstić information content (AvgIpc) is 2.46. The standard InChI is InChI=1S/C9H11N3/c1-3-8-7-4-6(2)5-10-9(7)12-11-8/h4-5H,3H2,1-2H3,(H,10,11,12). The van der Waals surface area contributed by atoms with Gasteiger partial charge in [-0.1, -0.05) is 6.92 Å². The summed E-state index contributed by atoms with van der Waals surface area (Å²) in [5.41, 5.74) is 3.16. The molecule has 3 heteroatoms. The molecule has 0 unspecified atom stereocenters. The minimum absolute atomic E-state index is 0.817. The third-order valence-electron chi connectivity index (χ3n) is 1.98. The zero-order valence-electron chi connectivity index (χ0n) is 7.26. The van der Waals surface area contributed by atoms with E-state index in [1.165, 1.54) is 11.3 Å². The Kier molecular flexibility index (Phi) is 1.57. The van der Waals surface area contributed by atoms with Crippen molar-refractivity contribution < 1.29 is 0 Å². The molecule has 2 heterocycles. The third kappa shape index (κ3) is 0.978. The number of aromatic nitrogens is 3. The maximum atomic E-state index is 4.21. The first-order valence-corrected chi connectivity index (χ1v) is 4.11. The van der Waals surface area contributed by atoms with Crippen LogP contribution in [0, 0.1) is 6.92 Å². The summed E-state index contributed by atoms with van der Waals surface area (Å²) in [6.45, 7) is 4.15. The molecule has 0 bridgehead atoms. The highest BCUT2D eigenvalue weighted by atomic mass is 15.1. The predicted molar refractivity (Wildman–Crippen MR) is 48.0 cm³/mol. The maximum absolute atomic E-state index is 4.21. The Hall–Kier alpha value is -1.38. The van der Waals surface area contributed by atoms with Gasteiger partial charge < -0.3 is 0 Å². The van der Waals surface area contributed by atoms with Gasteiger partial charge in [0.1, 0.15) is 0 Å². The highest BCUT2D eigenvalue weighted by Crippen LogP contribution is 2.14. The number of H-pyrrole nitrogens is 1. The summed E-state index contributed by atoms with van der Waals surface area (Å²) in [5.74, 6) is 0. The van der Waals surface area contributed by atoms with Gasteiger partial charge in [0, 0.05) is 17.3 Å². The van der Waals surface area contributed by atoms with E-state index in [4.69, 9.17) is 0 Å². The molecule has 0 saturated heterocycles. The van der Waals surface area contributed by atoms with Gasteiger partial charge in [-0.25, -0.2) is 4.98 Å². The first kappa shape index (κ1) is 7.28. The average molecular weight is 161 g/mol. The van der Waals surface area contributed by atoms with Crippen LogP contribution < -0.4 is 0 Å². The fourth-order valence-corrected chi connectivity index (χ4v) is 1.32. The first-order valence-electron chi connectivity index (χ1n) is 4.11. The van der Waals surface area contributed by atoms with Gasteiger partial charge in [0.25, 0.3) is 0 Å². The van der Waals surface area contributed by atoms with E-state index >= 15 is 0 Å². The van der Waals surface area contributed by atoms with Crippen LogP contribution in [0.2, 0.25) is 0 Å². The fraction of sp³-hybridized carbons (Fsp3) is 0.333. The van der Waals surface area contributed by atoms with Crippen molar-refractivity contribution in [1.29, 1.82) is 0 Å². The normalized spacial score (nSPS) is 10.8. The van der Waals surface area contributed by atoms with E-state index in [-0.39, 0.29) is 0 Å². The summed E-state index contributed by atoms with van der Waals surface area (Å²) in [5, 5.41) is 8.22. The van der Waals surface area contributed by atoms with Gasteiger partial charge in [-0.05, 0) is 25.0 Å². The van der Waals surface area contributed by atoms with Crippen LogP contribution in [0.1, 0.15) is 18.2 Å². The molecular formula is C9H11N3. The van der Waals surface area contributed by atoms with Crippen molar-refractivity contribution in [2.75, 3.05) is 0 Å². The summed E-state index contributed by atoms with van der Waals surface area (Å²) in [6.07, 6.45) is 2.81. The molecule has 3 nitrogen and oxygen atoms in total. The van der Waals surface area contributed by atoms with Crippen LogP contribution in [-0.2, 0) is 6.42 Å². The molecule has 2 aromatic rings. The topological polar surface area (TPSA) is 41.6 Å². The Morgan fingerprint density at radius 3 is 3.08 bits per heavy atom. The van der Waals surface area contributed by atoms with E-state index in [9.17, 15) is 0 Å². The maximum Gasteiger partial charge on any atom is 0.181 e. The van der Waals surface area contributed by atoms with E-state index in [0.717, 1.165) is 17.5 Å². The van der Waals surface area contributed by atoms with Crippen molar-refractivity contribution in [2.24, 2.45) is 0 Å². The molecule has 62 valence electrons. The molecule has 0 amide bonds. The summed E-state index contributed by atoms with van der Waals surface area (Å²) in [4.78, 5) is 4.21. The van der Waals surface area contributed by atoms with Gasteiger partial charge in [0.2, 0.25) is 0 Å². The number of nitrogens with one attached hydrogen (secondary N) is 1. The number of hydrogen-bond donors (Lipinski definition) is 1. The van der Waals surface area contributed by atoms with Gasteiger partial charge in [0.05, 0.1) is 0 Å². The molecule has 0 atom stereocenters. The lowest BCUT2D eigenvalue weighted by Crippen LogP contribution is -1.81.